The van der Waals surface area contributed by atoms with Crippen molar-refractivity contribution in [1.82, 2.24) is 0 Å². The predicted molar refractivity (Wildman–Crippen MR) is 76.4 cm³/mol. The lowest BCUT2D eigenvalue weighted by Gasteiger charge is -2.21. The topological polar surface area (TPSA) is 60.2 Å². The van der Waals surface area contributed by atoms with E-state index in [1.807, 2.05) is 0 Å². The lowest BCUT2D eigenvalue weighted by Crippen LogP contribution is -2.31. The highest BCUT2D eigenvalue weighted by Gasteiger charge is 2.29. The van der Waals surface area contributed by atoms with Gasteiger partial charge in [0.1, 0.15) is 5.82 Å². The molecule has 0 radical (unpaired) electrons. The van der Waals surface area contributed by atoms with Gasteiger partial charge in [0.25, 0.3) is 0 Å². The van der Waals surface area contributed by atoms with E-state index in [-0.39, 0.29) is 17.5 Å². The van der Waals surface area contributed by atoms with Gasteiger partial charge in [0.05, 0.1) is 10.5 Å². The molecule has 3 nitrogen and oxygen atoms in total. The van der Waals surface area contributed by atoms with Gasteiger partial charge in [-0.3, -0.25) is 0 Å². The lowest BCUT2D eigenvalue weighted by molar-refractivity contribution is 0.550. The summed E-state index contributed by atoms with van der Waals surface area (Å²) in [5, 5.41) is 0. The third-order valence-electron chi connectivity index (χ3n) is 3.27. The van der Waals surface area contributed by atoms with E-state index in [0.717, 1.165) is 5.56 Å². The standard InChI is InChI=1S/C14H22FNO2S/c1-14(2,3)19(17,18)8-7-12(10-16)11-5-4-6-13(15)9-11/h4-6,9,12H,7-8,10,16H2,1-3H3. The SMILES string of the molecule is CC(C)(C)S(=O)(=O)CCC(CN)c1cccc(F)c1. The van der Waals surface area contributed by atoms with E-state index in [2.05, 4.69) is 0 Å². The second-order valence-corrected chi connectivity index (χ2v) is 8.57. The molecule has 5 heteroatoms. The maximum absolute atomic E-state index is 13.2. The van der Waals surface area contributed by atoms with Gasteiger partial charge in [-0.1, -0.05) is 12.1 Å². The van der Waals surface area contributed by atoms with Crippen LogP contribution in [-0.2, 0) is 9.84 Å². The van der Waals surface area contributed by atoms with Crippen molar-refractivity contribution in [3.8, 4) is 0 Å². The van der Waals surface area contributed by atoms with Crippen molar-refractivity contribution in [3.05, 3.63) is 35.6 Å². The van der Waals surface area contributed by atoms with Crippen molar-refractivity contribution < 1.29 is 12.8 Å². The van der Waals surface area contributed by atoms with Gasteiger partial charge in [-0.15, -0.1) is 0 Å². The number of hydrogen-bond acceptors (Lipinski definition) is 3. The second-order valence-electron chi connectivity index (χ2n) is 5.71. The molecule has 0 aliphatic heterocycles. The van der Waals surface area contributed by atoms with Crippen LogP contribution in [0.3, 0.4) is 0 Å². The minimum atomic E-state index is -3.17. The van der Waals surface area contributed by atoms with Crippen LogP contribution in [0.1, 0.15) is 38.7 Å². The van der Waals surface area contributed by atoms with Crippen LogP contribution in [0.15, 0.2) is 24.3 Å². The molecule has 1 atom stereocenters. The van der Waals surface area contributed by atoms with Crippen molar-refractivity contribution in [2.24, 2.45) is 5.73 Å². The molecule has 19 heavy (non-hydrogen) atoms. The Bertz CT molecular complexity index is 520. The van der Waals surface area contributed by atoms with E-state index in [1.165, 1.54) is 12.1 Å². The lowest BCUT2D eigenvalue weighted by atomic mass is 9.97. The van der Waals surface area contributed by atoms with E-state index in [4.69, 9.17) is 5.73 Å². The average Bonchev–Trinajstić information content (AvgIpc) is 2.28. The number of rotatable bonds is 5. The summed E-state index contributed by atoms with van der Waals surface area (Å²) in [6, 6.07) is 6.18. The molecule has 0 saturated heterocycles. The van der Waals surface area contributed by atoms with Gasteiger partial charge in [-0.05, 0) is 57.4 Å². The monoisotopic (exact) mass is 287 g/mol. The molecule has 1 rings (SSSR count). The third-order valence-corrected chi connectivity index (χ3v) is 5.91. The molecule has 0 aliphatic carbocycles. The normalized spacial score (nSPS) is 14.4. The summed E-state index contributed by atoms with van der Waals surface area (Å²) >= 11 is 0. The van der Waals surface area contributed by atoms with E-state index >= 15 is 0 Å². The first-order chi connectivity index (χ1) is 8.67. The molecule has 0 saturated carbocycles. The highest BCUT2D eigenvalue weighted by Crippen LogP contribution is 2.23. The van der Waals surface area contributed by atoms with Crippen molar-refractivity contribution >= 4 is 9.84 Å². The number of benzene rings is 1. The van der Waals surface area contributed by atoms with Crippen LogP contribution in [0.2, 0.25) is 0 Å². The van der Waals surface area contributed by atoms with E-state index in [9.17, 15) is 12.8 Å². The molecule has 0 spiro atoms. The van der Waals surface area contributed by atoms with E-state index < -0.39 is 14.6 Å². The molecule has 1 aromatic rings. The molecule has 1 aromatic carbocycles. The van der Waals surface area contributed by atoms with Gasteiger partial charge in [-0.2, -0.15) is 0 Å². The third kappa shape index (κ3) is 4.28. The Morgan fingerprint density at radius 3 is 2.42 bits per heavy atom. The van der Waals surface area contributed by atoms with Crippen LogP contribution in [0.4, 0.5) is 4.39 Å². The Morgan fingerprint density at radius 1 is 1.32 bits per heavy atom. The highest BCUT2D eigenvalue weighted by molar-refractivity contribution is 7.92. The van der Waals surface area contributed by atoms with Crippen molar-refractivity contribution in [2.75, 3.05) is 12.3 Å². The fraction of sp³-hybridized carbons (Fsp3) is 0.571. The highest BCUT2D eigenvalue weighted by atomic mass is 32.2. The van der Waals surface area contributed by atoms with Crippen molar-refractivity contribution in [2.45, 2.75) is 37.9 Å². The van der Waals surface area contributed by atoms with Crippen molar-refractivity contribution in [1.29, 1.82) is 0 Å². The van der Waals surface area contributed by atoms with Gasteiger partial charge < -0.3 is 5.73 Å². The zero-order valence-corrected chi connectivity index (χ0v) is 12.5. The summed E-state index contributed by atoms with van der Waals surface area (Å²) in [4.78, 5) is 0. The van der Waals surface area contributed by atoms with E-state index in [1.54, 1.807) is 32.9 Å². The van der Waals surface area contributed by atoms with Gasteiger partial charge in [0, 0.05) is 0 Å². The number of hydrogen-bond donors (Lipinski definition) is 1. The van der Waals surface area contributed by atoms with Gasteiger partial charge in [0.2, 0.25) is 0 Å². The maximum atomic E-state index is 13.2. The molecule has 0 heterocycles. The number of nitrogens with two attached hydrogens (primary N) is 1. The van der Waals surface area contributed by atoms with Crippen LogP contribution in [-0.4, -0.2) is 25.5 Å². The molecule has 0 aromatic heterocycles. The minimum absolute atomic E-state index is 0.0644. The summed E-state index contributed by atoms with van der Waals surface area (Å²) in [5.41, 5.74) is 6.43. The Labute approximate surface area is 114 Å². The molecule has 1 unspecified atom stereocenters. The molecule has 108 valence electrons. The first kappa shape index (κ1) is 16.1. The van der Waals surface area contributed by atoms with Crippen LogP contribution in [0, 0.1) is 5.82 Å². The second kappa shape index (κ2) is 6.01. The van der Waals surface area contributed by atoms with Crippen LogP contribution >= 0.6 is 0 Å². The molecule has 2 N–H and O–H groups in total. The van der Waals surface area contributed by atoms with Crippen molar-refractivity contribution in [3.63, 3.8) is 0 Å². The molecule has 0 fully saturated rings. The molecular formula is C14H22FNO2S. The molecule has 0 aliphatic rings. The first-order valence-electron chi connectivity index (χ1n) is 6.35. The Balaban J connectivity index is 2.80. The summed E-state index contributed by atoms with van der Waals surface area (Å²) in [5.74, 6) is -0.392. The summed E-state index contributed by atoms with van der Waals surface area (Å²) < 4.78 is 36.5. The van der Waals surface area contributed by atoms with Gasteiger partial charge >= 0.3 is 0 Å². The Hall–Kier alpha value is -0.940. The number of halogens is 1. The zero-order valence-electron chi connectivity index (χ0n) is 11.7. The first-order valence-corrected chi connectivity index (χ1v) is 8.00. The van der Waals surface area contributed by atoms with Crippen LogP contribution in [0.5, 0.6) is 0 Å². The predicted octanol–water partition coefficient (Wildman–Crippen LogP) is 2.47. The zero-order chi connectivity index (χ0) is 14.7. The van der Waals surface area contributed by atoms with Gasteiger partial charge in [0.15, 0.2) is 9.84 Å². The maximum Gasteiger partial charge on any atom is 0.155 e. The Kier molecular flexibility index (Phi) is 5.10. The van der Waals surface area contributed by atoms with E-state index in [0.29, 0.717) is 13.0 Å². The van der Waals surface area contributed by atoms with Gasteiger partial charge in [-0.25, -0.2) is 12.8 Å². The molecule has 0 amide bonds. The summed E-state index contributed by atoms with van der Waals surface area (Å²) in [6.07, 6.45) is 0.416. The van der Waals surface area contributed by atoms with Crippen LogP contribution in [0.25, 0.3) is 0 Å². The smallest absolute Gasteiger partial charge is 0.155 e. The minimum Gasteiger partial charge on any atom is -0.330 e. The molecular weight excluding hydrogens is 265 g/mol. The quantitative estimate of drug-likeness (QED) is 0.905. The fourth-order valence-corrected chi connectivity index (χ4v) is 2.99. The summed E-state index contributed by atoms with van der Waals surface area (Å²) in [6.45, 7) is 5.36. The van der Waals surface area contributed by atoms with Crippen LogP contribution < -0.4 is 5.73 Å². The fourth-order valence-electron chi connectivity index (χ4n) is 1.78. The largest absolute Gasteiger partial charge is 0.330 e. The molecule has 0 bridgehead atoms. The number of sulfone groups is 1. The average molecular weight is 287 g/mol. The Morgan fingerprint density at radius 2 is 1.95 bits per heavy atom. The summed E-state index contributed by atoms with van der Waals surface area (Å²) in [7, 11) is -3.17.